The van der Waals surface area contributed by atoms with E-state index in [1.165, 1.54) is 16.1 Å². The number of likely N-dealkylation sites (N-methyl/N-ethyl adjacent to an activating group) is 1. The van der Waals surface area contributed by atoms with Gasteiger partial charge in [-0.25, -0.2) is 0 Å². The third-order valence-electron chi connectivity index (χ3n) is 2.79. The van der Waals surface area contributed by atoms with Gasteiger partial charge in [0.1, 0.15) is 6.54 Å². The number of tetrazole rings is 1. The molecule has 0 saturated heterocycles. The monoisotopic (exact) mass is 295 g/mol. The zero-order valence-electron chi connectivity index (χ0n) is 11.3. The van der Waals surface area contributed by atoms with Gasteiger partial charge < -0.3 is 10.0 Å². The Labute approximate surface area is 120 Å². The Hall–Kier alpha value is -1.80. The first-order valence-corrected chi connectivity index (χ1v) is 7.33. The van der Waals surface area contributed by atoms with Crippen LogP contribution >= 0.6 is 11.3 Å². The summed E-state index contributed by atoms with van der Waals surface area (Å²) in [5.74, 6) is 0.460. The molecule has 0 aliphatic rings. The van der Waals surface area contributed by atoms with Crippen molar-refractivity contribution in [1.29, 1.82) is 0 Å². The van der Waals surface area contributed by atoms with Crippen LogP contribution in [0.5, 0.6) is 0 Å². The Balaban J connectivity index is 1.97. The molecule has 8 heteroatoms. The molecule has 0 fully saturated rings. The number of aromatic nitrogens is 4. The SMILES string of the molecule is CCN(CCCO)C(=O)Cn1nnc(-c2cccs2)n1. The zero-order valence-corrected chi connectivity index (χ0v) is 12.1. The third kappa shape index (κ3) is 3.61. The first kappa shape index (κ1) is 14.6. The molecule has 0 aromatic carbocycles. The van der Waals surface area contributed by atoms with E-state index in [-0.39, 0.29) is 19.1 Å². The molecule has 0 spiro atoms. The topological polar surface area (TPSA) is 84.1 Å². The minimum absolute atomic E-state index is 0.0671. The predicted molar refractivity (Wildman–Crippen MR) is 75.1 cm³/mol. The van der Waals surface area contributed by atoms with Gasteiger partial charge >= 0.3 is 0 Å². The number of aliphatic hydroxyl groups excluding tert-OH is 1. The van der Waals surface area contributed by atoms with Gasteiger partial charge in [-0.15, -0.1) is 21.5 Å². The van der Waals surface area contributed by atoms with E-state index in [0.29, 0.717) is 25.3 Å². The van der Waals surface area contributed by atoms with Crippen LogP contribution in [-0.4, -0.2) is 55.8 Å². The second kappa shape index (κ2) is 7.11. The lowest BCUT2D eigenvalue weighted by molar-refractivity contribution is -0.132. The fourth-order valence-corrected chi connectivity index (χ4v) is 2.40. The maximum Gasteiger partial charge on any atom is 0.246 e. The smallest absolute Gasteiger partial charge is 0.246 e. The highest BCUT2D eigenvalue weighted by Crippen LogP contribution is 2.19. The van der Waals surface area contributed by atoms with Gasteiger partial charge in [0.15, 0.2) is 0 Å². The second-order valence-electron chi connectivity index (χ2n) is 4.17. The number of aliphatic hydroxyl groups is 1. The molecule has 1 amide bonds. The number of nitrogens with zero attached hydrogens (tertiary/aromatic N) is 5. The number of thiophene rings is 1. The van der Waals surface area contributed by atoms with Crippen LogP contribution in [0.4, 0.5) is 0 Å². The van der Waals surface area contributed by atoms with Crippen LogP contribution in [0.25, 0.3) is 10.7 Å². The van der Waals surface area contributed by atoms with E-state index in [1.54, 1.807) is 4.90 Å². The second-order valence-corrected chi connectivity index (χ2v) is 5.12. The van der Waals surface area contributed by atoms with Crippen molar-refractivity contribution in [3.05, 3.63) is 17.5 Å². The summed E-state index contributed by atoms with van der Waals surface area (Å²) in [6, 6.07) is 3.83. The van der Waals surface area contributed by atoms with Crippen LogP contribution in [0.1, 0.15) is 13.3 Å². The standard InChI is InChI=1S/C12H17N5O2S/c1-2-16(6-4-7-18)11(19)9-17-14-12(13-15-17)10-5-3-8-20-10/h3,5,8,18H,2,4,6-7,9H2,1H3. The quantitative estimate of drug-likeness (QED) is 0.810. The summed E-state index contributed by atoms with van der Waals surface area (Å²) in [5, 5.41) is 22.8. The van der Waals surface area contributed by atoms with Crippen molar-refractivity contribution in [1.82, 2.24) is 25.1 Å². The normalized spacial score (nSPS) is 10.7. The summed E-state index contributed by atoms with van der Waals surface area (Å²) in [7, 11) is 0. The van der Waals surface area contributed by atoms with Crippen LogP contribution < -0.4 is 0 Å². The first-order chi connectivity index (χ1) is 9.74. The van der Waals surface area contributed by atoms with E-state index in [0.717, 1.165) is 4.88 Å². The lowest BCUT2D eigenvalue weighted by atomic mass is 10.3. The van der Waals surface area contributed by atoms with Gasteiger partial charge in [-0.1, -0.05) is 6.07 Å². The molecule has 0 aliphatic heterocycles. The molecule has 2 rings (SSSR count). The average Bonchev–Trinajstić information content (AvgIpc) is 3.09. The summed E-state index contributed by atoms with van der Waals surface area (Å²) < 4.78 is 0. The largest absolute Gasteiger partial charge is 0.396 e. The molecule has 0 atom stereocenters. The molecule has 2 aromatic heterocycles. The maximum absolute atomic E-state index is 12.1. The molecule has 0 radical (unpaired) electrons. The molecule has 2 heterocycles. The van der Waals surface area contributed by atoms with E-state index >= 15 is 0 Å². The zero-order chi connectivity index (χ0) is 14.4. The Morgan fingerprint density at radius 3 is 3.05 bits per heavy atom. The van der Waals surface area contributed by atoms with Gasteiger partial charge in [0.05, 0.1) is 4.88 Å². The lowest BCUT2D eigenvalue weighted by Crippen LogP contribution is -2.35. The number of rotatable bonds is 7. The Bertz CT molecular complexity index is 540. The van der Waals surface area contributed by atoms with E-state index in [1.807, 2.05) is 24.4 Å². The van der Waals surface area contributed by atoms with Crippen molar-refractivity contribution < 1.29 is 9.90 Å². The van der Waals surface area contributed by atoms with Crippen molar-refractivity contribution >= 4 is 17.2 Å². The first-order valence-electron chi connectivity index (χ1n) is 6.45. The average molecular weight is 295 g/mol. The van der Waals surface area contributed by atoms with Crippen molar-refractivity contribution in [3.8, 4) is 10.7 Å². The predicted octanol–water partition coefficient (Wildman–Crippen LogP) is 0.632. The highest BCUT2D eigenvalue weighted by Gasteiger charge is 2.14. The summed E-state index contributed by atoms with van der Waals surface area (Å²) in [6.45, 7) is 3.19. The molecule has 20 heavy (non-hydrogen) atoms. The summed E-state index contributed by atoms with van der Waals surface area (Å²) in [6.07, 6.45) is 0.574. The molecule has 1 N–H and O–H groups in total. The Kier molecular flexibility index (Phi) is 5.19. The van der Waals surface area contributed by atoms with Gasteiger partial charge in [0.25, 0.3) is 0 Å². The van der Waals surface area contributed by atoms with Crippen LogP contribution in [0.3, 0.4) is 0 Å². The summed E-state index contributed by atoms with van der Waals surface area (Å²) in [4.78, 5) is 16.0. The maximum atomic E-state index is 12.1. The van der Waals surface area contributed by atoms with Crippen LogP contribution in [0.2, 0.25) is 0 Å². The van der Waals surface area contributed by atoms with Crippen molar-refractivity contribution in [3.63, 3.8) is 0 Å². The van der Waals surface area contributed by atoms with Crippen LogP contribution in [0.15, 0.2) is 17.5 Å². The molecule has 7 nitrogen and oxygen atoms in total. The highest BCUT2D eigenvalue weighted by atomic mass is 32.1. The van der Waals surface area contributed by atoms with Gasteiger partial charge in [-0.3, -0.25) is 4.79 Å². The molecule has 2 aromatic rings. The minimum Gasteiger partial charge on any atom is -0.396 e. The summed E-state index contributed by atoms with van der Waals surface area (Å²) in [5.41, 5.74) is 0. The van der Waals surface area contributed by atoms with E-state index in [4.69, 9.17) is 5.11 Å². The van der Waals surface area contributed by atoms with E-state index < -0.39 is 0 Å². The van der Waals surface area contributed by atoms with Crippen molar-refractivity contribution in [2.24, 2.45) is 0 Å². The molecular formula is C12H17N5O2S. The van der Waals surface area contributed by atoms with Gasteiger partial charge in [-0.05, 0) is 30.0 Å². The van der Waals surface area contributed by atoms with Crippen molar-refractivity contribution in [2.45, 2.75) is 19.9 Å². The molecule has 0 aliphatic carbocycles. The number of carbonyl (C=O) groups excluding carboxylic acids is 1. The molecular weight excluding hydrogens is 278 g/mol. The fraction of sp³-hybridized carbons (Fsp3) is 0.500. The van der Waals surface area contributed by atoms with Gasteiger partial charge in [0.2, 0.25) is 11.7 Å². The highest BCUT2D eigenvalue weighted by molar-refractivity contribution is 7.13. The molecule has 0 unspecified atom stereocenters. The van der Waals surface area contributed by atoms with E-state index in [2.05, 4.69) is 15.4 Å². The number of amides is 1. The minimum atomic E-state index is -0.0731. The summed E-state index contributed by atoms with van der Waals surface area (Å²) >= 11 is 1.53. The molecule has 0 bridgehead atoms. The van der Waals surface area contributed by atoms with E-state index in [9.17, 15) is 4.79 Å². The molecule has 108 valence electrons. The Morgan fingerprint density at radius 1 is 1.55 bits per heavy atom. The Morgan fingerprint density at radius 2 is 2.40 bits per heavy atom. The van der Waals surface area contributed by atoms with Crippen molar-refractivity contribution in [2.75, 3.05) is 19.7 Å². The van der Waals surface area contributed by atoms with Gasteiger partial charge in [-0.2, -0.15) is 4.80 Å². The number of carbonyl (C=O) groups is 1. The lowest BCUT2D eigenvalue weighted by Gasteiger charge is -2.19. The third-order valence-corrected chi connectivity index (χ3v) is 3.66. The van der Waals surface area contributed by atoms with Crippen LogP contribution in [-0.2, 0) is 11.3 Å². The fourth-order valence-electron chi connectivity index (χ4n) is 1.76. The van der Waals surface area contributed by atoms with Gasteiger partial charge in [0, 0.05) is 19.7 Å². The molecule has 0 saturated carbocycles. The van der Waals surface area contributed by atoms with Crippen LogP contribution in [0, 0.1) is 0 Å². The number of hydrogen-bond acceptors (Lipinski definition) is 6. The number of hydrogen-bond donors (Lipinski definition) is 1.